The summed E-state index contributed by atoms with van der Waals surface area (Å²) in [6.45, 7) is 4.35. The summed E-state index contributed by atoms with van der Waals surface area (Å²) in [5, 5.41) is 12.2. The van der Waals surface area contributed by atoms with E-state index in [2.05, 4.69) is 5.32 Å². The first-order valence-corrected chi connectivity index (χ1v) is 8.82. The number of rotatable bonds is 9. The van der Waals surface area contributed by atoms with Crippen LogP contribution in [0.4, 0.5) is 0 Å². The van der Waals surface area contributed by atoms with Crippen LogP contribution < -0.4 is 14.8 Å². The number of carbonyl (C=O) groups is 2. The number of aryl methyl sites for hydroxylation is 1. The second kappa shape index (κ2) is 9.62. The van der Waals surface area contributed by atoms with Crippen LogP contribution in [0.5, 0.6) is 11.5 Å². The van der Waals surface area contributed by atoms with Gasteiger partial charge in [-0.3, -0.25) is 9.59 Å². The molecule has 0 aliphatic rings. The molecule has 0 aliphatic carbocycles. The third-order valence-electron chi connectivity index (χ3n) is 4.15. The molecule has 0 fully saturated rings. The molecule has 27 heavy (non-hydrogen) atoms. The number of benzene rings is 2. The highest BCUT2D eigenvalue weighted by molar-refractivity contribution is 5.95. The molecule has 1 atom stereocenters. The highest BCUT2D eigenvalue weighted by Gasteiger charge is 2.20. The molecular weight excluding hydrogens is 346 g/mol. The first kappa shape index (κ1) is 20.3. The Kier molecular flexibility index (Phi) is 7.23. The lowest BCUT2D eigenvalue weighted by Gasteiger charge is -2.15. The van der Waals surface area contributed by atoms with Crippen LogP contribution >= 0.6 is 0 Å². The van der Waals surface area contributed by atoms with Gasteiger partial charge in [-0.25, -0.2) is 0 Å². The molecule has 6 nitrogen and oxygen atoms in total. The van der Waals surface area contributed by atoms with E-state index < -0.39 is 11.9 Å². The van der Waals surface area contributed by atoms with Crippen LogP contribution in [0.2, 0.25) is 0 Å². The zero-order valence-corrected chi connectivity index (χ0v) is 15.8. The number of nitrogens with one attached hydrogen (secondary N) is 1. The minimum absolute atomic E-state index is 0.0393. The van der Waals surface area contributed by atoms with Crippen molar-refractivity contribution in [2.24, 2.45) is 5.92 Å². The summed E-state index contributed by atoms with van der Waals surface area (Å²) >= 11 is 0. The van der Waals surface area contributed by atoms with Crippen LogP contribution in [0.3, 0.4) is 0 Å². The molecule has 0 aromatic heterocycles. The lowest BCUT2D eigenvalue weighted by atomic mass is 9.98. The van der Waals surface area contributed by atoms with Gasteiger partial charge in [0, 0.05) is 12.1 Å². The van der Waals surface area contributed by atoms with Gasteiger partial charge in [0.1, 0.15) is 0 Å². The van der Waals surface area contributed by atoms with Gasteiger partial charge in [0.15, 0.2) is 11.5 Å². The fourth-order valence-corrected chi connectivity index (χ4v) is 2.77. The van der Waals surface area contributed by atoms with Crippen molar-refractivity contribution < 1.29 is 24.2 Å². The maximum atomic E-state index is 12.4. The van der Waals surface area contributed by atoms with Crippen molar-refractivity contribution in [1.29, 1.82) is 0 Å². The number of hydrogen-bond donors (Lipinski definition) is 2. The number of carbonyl (C=O) groups excluding carboxylic acids is 1. The van der Waals surface area contributed by atoms with Crippen LogP contribution in [-0.4, -0.2) is 37.2 Å². The summed E-state index contributed by atoms with van der Waals surface area (Å²) in [4.78, 5) is 24.0. The minimum atomic E-state index is -0.943. The lowest BCUT2D eigenvalue weighted by Crippen LogP contribution is -2.34. The zero-order valence-electron chi connectivity index (χ0n) is 15.8. The summed E-state index contributed by atoms with van der Waals surface area (Å²) in [7, 11) is 1.50. The quantitative estimate of drug-likeness (QED) is 0.708. The second-order valence-corrected chi connectivity index (χ2v) is 6.24. The van der Waals surface area contributed by atoms with Crippen molar-refractivity contribution in [3.8, 4) is 11.5 Å². The molecule has 2 rings (SSSR count). The van der Waals surface area contributed by atoms with E-state index >= 15 is 0 Å². The van der Waals surface area contributed by atoms with E-state index in [-0.39, 0.29) is 12.5 Å². The van der Waals surface area contributed by atoms with Crippen LogP contribution in [0.25, 0.3) is 0 Å². The summed E-state index contributed by atoms with van der Waals surface area (Å²) in [5.74, 6) is -0.994. The van der Waals surface area contributed by atoms with Crippen molar-refractivity contribution >= 4 is 11.9 Å². The van der Waals surface area contributed by atoms with Gasteiger partial charge in [0.05, 0.1) is 19.6 Å². The average Bonchev–Trinajstić information content (AvgIpc) is 2.65. The van der Waals surface area contributed by atoms with Crippen LogP contribution in [0.15, 0.2) is 42.5 Å². The molecule has 0 heterocycles. The molecule has 0 saturated carbocycles. The summed E-state index contributed by atoms with van der Waals surface area (Å²) < 4.78 is 10.7. The molecule has 0 spiro atoms. The molecule has 144 valence electrons. The van der Waals surface area contributed by atoms with Crippen LogP contribution in [-0.2, 0) is 11.2 Å². The predicted molar refractivity (Wildman–Crippen MR) is 103 cm³/mol. The van der Waals surface area contributed by atoms with Crippen molar-refractivity contribution in [1.82, 2.24) is 5.32 Å². The maximum Gasteiger partial charge on any atom is 0.308 e. The zero-order chi connectivity index (χ0) is 19.8. The summed E-state index contributed by atoms with van der Waals surface area (Å²) in [6, 6.07) is 12.6. The Bertz CT molecular complexity index is 803. The SMILES string of the molecule is CCOc1ccc(C(=O)NCC(Cc2cccc(C)c2)C(=O)O)cc1OC. The van der Waals surface area contributed by atoms with Crippen molar-refractivity contribution in [3.05, 3.63) is 59.2 Å². The molecule has 2 aromatic carbocycles. The number of aliphatic carboxylic acids is 1. The predicted octanol–water partition coefficient (Wildman–Crippen LogP) is 3.08. The third kappa shape index (κ3) is 5.74. The fraction of sp³-hybridized carbons (Fsp3) is 0.333. The highest BCUT2D eigenvalue weighted by Crippen LogP contribution is 2.28. The molecule has 1 unspecified atom stereocenters. The van der Waals surface area contributed by atoms with E-state index in [1.165, 1.54) is 7.11 Å². The number of carboxylic acids is 1. The summed E-state index contributed by atoms with van der Waals surface area (Å²) in [6.07, 6.45) is 0.351. The normalized spacial score (nSPS) is 11.5. The van der Waals surface area contributed by atoms with Gasteiger partial charge < -0.3 is 19.9 Å². The Labute approximate surface area is 159 Å². The van der Waals surface area contributed by atoms with Gasteiger partial charge in [-0.1, -0.05) is 29.8 Å². The molecular formula is C21H25NO5. The number of methoxy groups -OCH3 is 1. The van der Waals surface area contributed by atoms with Crippen molar-refractivity contribution in [2.45, 2.75) is 20.3 Å². The molecule has 6 heteroatoms. The number of carboxylic acid groups (broad SMARTS) is 1. The first-order valence-electron chi connectivity index (χ1n) is 8.82. The number of ether oxygens (including phenoxy) is 2. The van der Waals surface area contributed by atoms with E-state index in [1.807, 2.05) is 38.1 Å². The molecule has 0 aliphatic heterocycles. The third-order valence-corrected chi connectivity index (χ3v) is 4.15. The molecule has 1 amide bonds. The standard InChI is InChI=1S/C21H25NO5/c1-4-27-18-9-8-16(12-19(18)26-3)20(23)22-13-17(21(24)25)11-15-7-5-6-14(2)10-15/h5-10,12,17H,4,11,13H2,1-3H3,(H,22,23)(H,24,25). The first-order chi connectivity index (χ1) is 12.9. The van der Waals surface area contributed by atoms with E-state index in [9.17, 15) is 14.7 Å². The van der Waals surface area contributed by atoms with E-state index in [1.54, 1.807) is 18.2 Å². The Balaban J connectivity index is 2.04. The Morgan fingerprint density at radius 2 is 1.93 bits per heavy atom. The Hall–Kier alpha value is -3.02. The highest BCUT2D eigenvalue weighted by atomic mass is 16.5. The van der Waals surface area contributed by atoms with E-state index in [0.29, 0.717) is 30.1 Å². The van der Waals surface area contributed by atoms with E-state index in [4.69, 9.17) is 9.47 Å². The monoisotopic (exact) mass is 371 g/mol. The maximum absolute atomic E-state index is 12.4. The van der Waals surface area contributed by atoms with Crippen molar-refractivity contribution in [2.75, 3.05) is 20.3 Å². The second-order valence-electron chi connectivity index (χ2n) is 6.24. The summed E-state index contributed by atoms with van der Waals surface area (Å²) in [5.41, 5.74) is 2.39. The largest absolute Gasteiger partial charge is 0.493 e. The molecule has 0 saturated heterocycles. The molecule has 2 aromatic rings. The fourth-order valence-electron chi connectivity index (χ4n) is 2.77. The van der Waals surface area contributed by atoms with Gasteiger partial charge in [0.2, 0.25) is 0 Å². The van der Waals surface area contributed by atoms with E-state index in [0.717, 1.165) is 11.1 Å². The topological polar surface area (TPSA) is 84.9 Å². The van der Waals surface area contributed by atoms with Gasteiger partial charge in [0.25, 0.3) is 5.91 Å². The van der Waals surface area contributed by atoms with Crippen LogP contribution in [0.1, 0.15) is 28.4 Å². The molecule has 0 bridgehead atoms. The molecule has 2 N–H and O–H groups in total. The number of amides is 1. The van der Waals surface area contributed by atoms with Crippen molar-refractivity contribution in [3.63, 3.8) is 0 Å². The number of hydrogen-bond acceptors (Lipinski definition) is 4. The van der Waals surface area contributed by atoms with Gasteiger partial charge >= 0.3 is 5.97 Å². The Morgan fingerprint density at radius 1 is 1.15 bits per heavy atom. The minimum Gasteiger partial charge on any atom is -0.493 e. The Morgan fingerprint density at radius 3 is 2.56 bits per heavy atom. The smallest absolute Gasteiger partial charge is 0.308 e. The van der Waals surface area contributed by atoms with Gasteiger partial charge in [-0.15, -0.1) is 0 Å². The van der Waals surface area contributed by atoms with Gasteiger partial charge in [-0.05, 0) is 44.0 Å². The molecule has 0 radical (unpaired) electrons. The van der Waals surface area contributed by atoms with Gasteiger partial charge in [-0.2, -0.15) is 0 Å². The lowest BCUT2D eigenvalue weighted by molar-refractivity contribution is -0.141. The van der Waals surface area contributed by atoms with Crippen LogP contribution in [0, 0.1) is 12.8 Å². The average molecular weight is 371 g/mol.